The summed E-state index contributed by atoms with van der Waals surface area (Å²) >= 11 is 1.79. The minimum Gasteiger partial charge on any atom is -0.338 e. The van der Waals surface area contributed by atoms with Crippen LogP contribution in [0.2, 0.25) is 0 Å². The number of thiophene rings is 1. The van der Waals surface area contributed by atoms with Gasteiger partial charge in [0.25, 0.3) is 5.91 Å². The van der Waals surface area contributed by atoms with Gasteiger partial charge in [-0.05, 0) is 60.5 Å². The lowest BCUT2D eigenvalue weighted by atomic mass is 9.90. The Morgan fingerprint density at radius 1 is 1.00 bits per heavy atom. The first-order valence-electron chi connectivity index (χ1n) is 12.1. The zero-order valence-electron chi connectivity index (χ0n) is 20.1. The maximum absolute atomic E-state index is 14.2. The van der Waals surface area contributed by atoms with Crippen molar-refractivity contribution in [3.63, 3.8) is 0 Å². The molecule has 1 saturated heterocycles. The SMILES string of the molecule is Cc1ccccc1[C@@H]1c2ccsc2CCN1CC(=O)N1CCN(C(=O)c2ccccc2F)[C@@H](C)C1. The van der Waals surface area contributed by atoms with E-state index in [2.05, 4.69) is 47.5 Å². The molecule has 2 aliphatic heterocycles. The number of hydrogen-bond acceptors (Lipinski definition) is 4. The van der Waals surface area contributed by atoms with Crippen molar-refractivity contribution >= 4 is 23.2 Å². The summed E-state index contributed by atoms with van der Waals surface area (Å²) in [6, 6.07) is 16.6. The third-order valence-corrected chi connectivity index (χ3v) is 8.23. The minimum absolute atomic E-state index is 0.0662. The Morgan fingerprint density at radius 3 is 2.54 bits per heavy atom. The first kappa shape index (κ1) is 23.7. The molecule has 0 radical (unpaired) electrons. The molecule has 2 atom stereocenters. The van der Waals surface area contributed by atoms with Crippen LogP contribution < -0.4 is 0 Å². The average Bonchev–Trinajstić information content (AvgIpc) is 3.33. The quantitative estimate of drug-likeness (QED) is 0.539. The smallest absolute Gasteiger partial charge is 0.257 e. The fraction of sp³-hybridized carbons (Fsp3) is 0.357. The van der Waals surface area contributed by atoms with Crippen molar-refractivity contribution in [3.05, 3.63) is 92.9 Å². The molecule has 0 aliphatic carbocycles. The fourth-order valence-electron chi connectivity index (χ4n) is 5.35. The van der Waals surface area contributed by atoms with Crippen molar-refractivity contribution in [3.8, 4) is 0 Å². The molecule has 2 amide bonds. The van der Waals surface area contributed by atoms with E-state index in [9.17, 15) is 14.0 Å². The zero-order chi connectivity index (χ0) is 24.5. The van der Waals surface area contributed by atoms with Gasteiger partial charge in [-0.15, -0.1) is 11.3 Å². The van der Waals surface area contributed by atoms with Crippen molar-refractivity contribution in [2.24, 2.45) is 0 Å². The van der Waals surface area contributed by atoms with Crippen LogP contribution in [0.25, 0.3) is 0 Å². The molecule has 2 aromatic carbocycles. The lowest BCUT2D eigenvalue weighted by Crippen LogP contribution is -2.57. The third-order valence-electron chi connectivity index (χ3n) is 7.23. The van der Waals surface area contributed by atoms with Crippen LogP contribution in [-0.2, 0) is 11.2 Å². The second-order valence-electron chi connectivity index (χ2n) is 9.45. The summed E-state index contributed by atoms with van der Waals surface area (Å²) in [6.07, 6.45) is 0.948. The second kappa shape index (κ2) is 9.91. The predicted octanol–water partition coefficient (Wildman–Crippen LogP) is 4.52. The van der Waals surface area contributed by atoms with Gasteiger partial charge in [-0.25, -0.2) is 4.39 Å². The van der Waals surface area contributed by atoms with Crippen LogP contribution in [0.4, 0.5) is 4.39 Å². The highest BCUT2D eigenvalue weighted by Gasteiger charge is 2.35. The molecule has 2 aliphatic rings. The van der Waals surface area contributed by atoms with Gasteiger partial charge in [-0.1, -0.05) is 36.4 Å². The van der Waals surface area contributed by atoms with E-state index in [0.717, 1.165) is 13.0 Å². The summed E-state index contributed by atoms with van der Waals surface area (Å²) in [6.45, 7) is 6.52. The number of rotatable bonds is 4. The molecular formula is C28H30FN3O2S. The molecule has 1 fully saturated rings. The van der Waals surface area contributed by atoms with Crippen LogP contribution in [0.1, 0.15) is 44.9 Å². The van der Waals surface area contributed by atoms with Gasteiger partial charge < -0.3 is 9.80 Å². The highest BCUT2D eigenvalue weighted by atomic mass is 32.1. The molecular weight excluding hydrogens is 461 g/mol. The highest BCUT2D eigenvalue weighted by Crippen LogP contribution is 2.38. The molecule has 5 nitrogen and oxygen atoms in total. The van der Waals surface area contributed by atoms with E-state index in [-0.39, 0.29) is 29.5 Å². The van der Waals surface area contributed by atoms with Crippen LogP contribution >= 0.6 is 11.3 Å². The number of amides is 2. The van der Waals surface area contributed by atoms with Gasteiger partial charge in [0, 0.05) is 37.1 Å². The number of carbonyl (C=O) groups is 2. The summed E-state index contributed by atoms with van der Waals surface area (Å²) < 4.78 is 14.2. The lowest BCUT2D eigenvalue weighted by molar-refractivity contribution is -0.135. The molecule has 5 rings (SSSR count). The van der Waals surface area contributed by atoms with Gasteiger partial charge in [-0.2, -0.15) is 0 Å². The Hall–Kier alpha value is -3.03. The molecule has 3 heterocycles. The lowest BCUT2D eigenvalue weighted by Gasteiger charge is -2.42. The number of aryl methyl sites for hydroxylation is 1. The highest BCUT2D eigenvalue weighted by molar-refractivity contribution is 7.10. The van der Waals surface area contributed by atoms with E-state index < -0.39 is 5.82 Å². The molecule has 0 unspecified atom stereocenters. The van der Waals surface area contributed by atoms with Crippen molar-refractivity contribution in [2.75, 3.05) is 32.7 Å². The van der Waals surface area contributed by atoms with Crippen molar-refractivity contribution in [1.82, 2.24) is 14.7 Å². The van der Waals surface area contributed by atoms with E-state index in [1.54, 1.807) is 28.4 Å². The van der Waals surface area contributed by atoms with Crippen LogP contribution in [0.5, 0.6) is 0 Å². The summed E-state index contributed by atoms with van der Waals surface area (Å²) in [5.74, 6) is -0.751. The summed E-state index contributed by atoms with van der Waals surface area (Å²) in [7, 11) is 0. The van der Waals surface area contributed by atoms with Crippen LogP contribution in [0.15, 0.2) is 60.0 Å². The number of fused-ring (bicyclic) bond motifs is 1. The van der Waals surface area contributed by atoms with Gasteiger partial charge >= 0.3 is 0 Å². The standard InChI is InChI=1S/C28H30FN3O2S/c1-19-7-3-4-8-21(19)27-23-12-16-35-25(23)11-13-31(27)18-26(33)30-14-15-32(20(2)17-30)28(34)22-9-5-6-10-24(22)29/h3-10,12,16,20,27H,11,13-15,17-18H2,1-2H3/t20-,27+/m0/s1. The maximum atomic E-state index is 14.2. The van der Waals surface area contributed by atoms with Gasteiger partial charge in [-0.3, -0.25) is 14.5 Å². The predicted molar refractivity (Wildman–Crippen MR) is 136 cm³/mol. The molecule has 0 spiro atoms. The maximum Gasteiger partial charge on any atom is 0.257 e. The molecule has 182 valence electrons. The number of nitrogens with zero attached hydrogens (tertiary/aromatic N) is 3. The summed E-state index contributed by atoms with van der Waals surface area (Å²) in [5.41, 5.74) is 3.85. The molecule has 1 aromatic heterocycles. The number of halogens is 1. The Balaban J connectivity index is 1.30. The normalized spacial score (nSPS) is 20.5. The average molecular weight is 492 g/mol. The van der Waals surface area contributed by atoms with Crippen LogP contribution in [0.3, 0.4) is 0 Å². The Morgan fingerprint density at radius 2 is 1.77 bits per heavy atom. The minimum atomic E-state index is -0.511. The van der Waals surface area contributed by atoms with Gasteiger partial charge in [0.2, 0.25) is 5.91 Å². The van der Waals surface area contributed by atoms with Gasteiger partial charge in [0.15, 0.2) is 0 Å². The first-order chi connectivity index (χ1) is 16.9. The van der Waals surface area contributed by atoms with E-state index >= 15 is 0 Å². The molecule has 0 saturated carbocycles. The first-order valence-corrected chi connectivity index (χ1v) is 13.0. The van der Waals surface area contributed by atoms with Crippen molar-refractivity contribution < 1.29 is 14.0 Å². The number of carbonyl (C=O) groups excluding carboxylic acids is 2. The Labute approximate surface area is 209 Å². The molecule has 7 heteroatoms. The third kappa shape index (κ3) is 4.62. The van der Waals surface area contributed by atoms with Gasteiger partial charge in [0.05, 0.1) is 18.2 Å². The summed E-state index contributed by atoms with van der Waals surface area (Å²) in [4.78, 5) is 33.6. The monoisotopic (exact) mass is 491 g/mol. The Kier molecular flexibility index (Phi) is 6.71. The number of benzene rings is 2. The fourth-order valence-corrected chi connectivity index (χ4v) is 6.25. The van der Waals surface area contributed by atoms with E-state index in [4.69, 9.17) is 0 Å². The van der Waals surface area contributed by atoms with E-state index in [1.807, 2.05) is 11.8 Å². The Bertz CT molecular complexity index is 1240. The number of hydrogen-bond donors (Lipinski definition) is 0. The molecule has 0 N–H and O–H groups in total. The van der Waals surface area contributed by atoms with E-state index in [0.29, 0.717) is 26.2 Å². The van der Waals surface area contributed by atoms with Crippen molar-refractivity contribution in [2.45, 2.75) is 32.4 Å². The second-order valence-corrected chi connectivity index (χ2v) is 10.4. The number of piperazine rings is 1. The van der Waals surface area contributed by atoms with Crippen LogP contribution in [0, 0.1) is 12.7 Å². The van der Waals surface area contributed by atoms with Gasteiger partial charge in [0.1, 0.15) is 5.82 Å². The molecule has 3 aromatic rings. The zero-order valence-corrected chi connectivity index (χ0v) is 20.9. The van der Waals surface area contributed by atoms with E-state index in [1.165, 1.54) is 33.7 Å². The van der Waals surface area contributed by atoms with Crippen molar-refractivity contribution in [1.29, 1.82) is 0 Å². The molecule has 0 bridgehead atoms. The largest absolute Gasteiger partial charge is 0.338 e. The topological polar surface area (TPSA) is 43.9 Å². The molecule has 35 heavy (non-hydrogen) atoms. The summed E-state index contributed by atoms with van der Waals surface area (Å²) in [5, 5.41) is 2.15. The van der Waals surface area contributed by atoms with Crippen LogP contribution in [-0.4, -0.2) is 65.3 Å².